The lowest BCUT2D eigenvalue weighted by Gasteiger charge is -2.39. The van der Waals surface area contributed by atoms with Crippen LogP contribution in [0, 0.1) is 17.6 Å². The van der Waals surface area contributed by atoms with Crippen LogP contribution in [-0.2, 0) is 0 Å². The third-order valence-corrected chi connectivity index (χ3v) is 4.72. The van der Waals surface area contributed by atoms with E-state index in [0.717, 1.165) is 25.0 Å². The largest absolute Gasteiger partial charge is 0.334 e. The molecule has 1 saturated heterocycles. The first-order valence-electron chi connectivity index (χ1n) is 8.30. The van der Waals surface area contributed by atoms with E-state index in [9.17, 15) is 13.6 Å². The van der Waals surface area contributed by atoms with E-state index in [1.165, 1.54) is 12.4 Å². The monoisotopic (exact) mass is 346 g/mol. The third-order valence-electron chi connectivity index (χ3n) is 4.72. The predicted octanol–water partition coefficient (Wildman–Crippen LogP) is 2.62. The van der Waals surface area contributed by atoms with Crippen molar-refractivity contribution in [3.8, 4) is 11.4 Å². The summed E-state index contributed by atoms with van der Waals surface area (Å²) in [6, 6.07) is 3.39. The Labute approximate surface area is 144 Å². The number of rotatable bonds is 3. The van der Waals surface area contributed by atoms with Gasteiger partial charge in [0, 0.05) is 37.1 Å². The van der Waals surface area contributed by atoms with E-state index < -0.39 is 11.6 Å². The molecule has 5 nitrogen and oxygen atoms in total. The number of carbonyl (C=O) groups excluding carboxylic acids is 1. The minimum Gasteiger partial charge on any atom is -0.334 e. The molecule has 2 aromatic rings. The molecule has 0 saturated carbocycles. The van der Waals surface area contributed by atoms with E-state index >= 15 is 0 Å². The fourth-order valence-corrected chi connectivity index (χ4v) is 3.36. The van der Waals surface area contributed by atoms with Crippen LogP contribution in [0.1, 0.15) is 30.1 Å². The molecule has 0 unspecified atom stereocenters. The Morgan fingerprint density at radius 3 is 2.64 bits per heavy atom. The Kier molecular flexibility index (Phi) is 5.03. The number of aromatic nitrogens is 2. The van der Waals surface area contributed by atoms with E-state index in [1.807, 2.05) is 6.92 Å². The highest BCUT2D eigenvalue weighted by Gasteiger charge is 2.33. The lowest BCUT2D eigenvalue weighted by molar-refractivity contribution is 0.0532. The van der Waals surface area contributed by atoms with Crippen molar-refractivity contribution >= 4 is 5.91 Å². The third kappa shape index (κ3) is 3.37. The van der Waals surface area contributed by atoms with Gasteiger partial charge in [0.15, 0.2) is 17.5 Å². The van der Waals surface area contributed by atoms with E-state index in [1.54, 1.807) is 11.0 Å². The normalized spacial score (nSPS) is 20.6. The molecule has 1 aromatic heterocycles. The summed E-state index contributed by atoms with van der Waals surface area (Å²) >= 11 is 0. The molecule has 0 spiro atoms. The van der Waals surface area contributed by atoms with Gasteiger partial charge in [-0.05, 0) is 37.0 Å². The molecule has 25 heavy (non-hydrogen) atoms. The van der Waals surface area contributed by atoms with Gasteiger partial charge in [-0.2, -0.15) is 0 Å². The number of halogens is 2. The molecule has 1 fully saturated rings. The number of amides is 1. The molecule has 2 heterocycles. The number of carbonyl (C=O) groups is 1. The summed E-state index contributed by atoms with van der Waals surface area (Å²) in [5.74, 6) is -2.05. The zero-order chi connectivity index (χ0) is 18.0. The number of likely N-dealkylation sites (tertiary alicyclic amines) is 1. The molecule has 1 amide bonds. The molecule has 3 rings (SSSR count). The van der Waals surface area contributed by atoms with Crippen LogP contribution < -0.4 is 5.73 Å². The van der Waals surface area contributed by atoms with Gasteiger partial charge < -0.3 is 10.6 Å². The Balaban J connectivity index is 2.06. The molecule has 132 valence electrons. The summed E-state index contributed by atoms with van der Waals surface area (Å²) in [7, 11) is 0. The second-order valence-corrected chi connectivity index (χ2v) is 6.31. The second-order valence-electron chi connectivity index (χ2n) is 6.31. The molecule has 1 aliphatic rings. The second kappa shape index (κ2) is 7.23. The van der Waals surface area contributed by atoms with Gasteiger partial charge >= 0.3 is 0 Å². The quantitative estimate of drug-likeness (QED) is 0.927. The standard InChI is InChI=1S/C18H20F2N4O/c1-11-4-2-7-24(16(11)10-21)18(25)13-9-15(20)14(19)8-12(13)17-22-5-3-6-23-17/h3,5-6,8-9,11,16H,2,4,7,10,21H2,1H3/t11-,16-/m1/s1. The van der Waals surface area contributed by atoms with Gasteiger partial charge in [0.25, 0.3) is 5.91 Å². The fraction of sp³-hybridized carbons (Fsp3) is 0.389. The van der Waals surface area contributed by atoms with E-state index in [2.05, 4.69) is 9.97 Å². The zero-order valence-corrected chi connectivity index (χ0v) is 14.0. The first-order chi connectivity index (χ1) is 12.0. The summed E-state index contributed by atoms with van der Waals surface area (Å²) in [6.45, 7) is 2.91. The summed E-state index contributed by atoms with van der Waals surface area (Å²) < 4.78 is 27.6. The van der Waals surface area contributed by atoms with Gasteiger partial charge in [0.1, 0.15) is 0 Å². The van der Waals surface area contributed by atoms with Crippen LogP contribution in [0.15, 0.2) is 30.6 Å². The first-order valence-corrected chi connectivity index (χ1v) is 8.30. The number of benzene rings is 1. The molecule has 7 heteroatoms. The Hall–Kier alpha value is -2.41. The highest BCUT2D eigenvalue weighted by molar-refractivity contribution is 6.00. The van der Waals surface area contributed by atoms with Crippen LogP contribution in [0.4, 0.5) is 8.78 Å². The summed E-state index contributed by atoms with van der Waals surface area (Å²) in [4.78, 5) is 22.9. The Morgan fingerprint density at radius 2 is 1.96 bits per heavy atom. The Morgan fingerprint density at radius 1 is 1.28 bits per heavy atom. The van der Waals surface area contributed by atoms with Crippen molar-refractivity contribution in [2.45, 2.75) is 25.8 Å². The number of hydrogen-bond donors (Lipinski definition) is 1. The summed E-state index contributed by atoms with van der Waals surface area (Å²) in [5.41, 5.74) is 6.08. The van der Waals surface area contributed by atoms with Gasteiger partial charge in [0.05, 0.1) is 5.56 Å². The highest BCUT2D eigenvalue weighted by atomic mass is 19.2. The molecule has 0 bridgehead atoms. The summed E-state index contributed by atoms with van der Waals surface area (Å²) in [5, 5.41) is 0. The van der Waals surface area contributed by atoms with Gasteiger partial charge in [-0.15, -0.1) is 0 Å². The molecule has 0 aliphatic carbocycles. The molecular formula is C18H20F2N4O. The van der Waals surface area contributed by atoms with E-state index in [-0.39, 0.29) is 34.8 Å². The van der Waals surface area contributed by atoms with Crippen molar-refractivity contribution in [1.29, 1.82) is 0 Å². The molecule has 0 radical (unpaired) electrons. The minimum atomic E-state index is -1.07. The lowest BCUT2D eigenvalue weighted by atomic mass is 9.90. The molecule has 1 aliphatic heterocycles. The van der Waals surface area contributed by atoms with Crippen LogP contribution in [-0.4, -0.2) is 39.9 Å². The van der Waals surface area contributed by atoms with E-state index in [4.69, 9.17) is 5.73 Å². The van der Waals surface area contributed by atoms with Crippen molar-refractivity contribution in [3.63, 3.8) is 0 Å². The van der Waals surface area contributed by atoms with Crippen molar-refractivity contribution in [3.05, 3.63) is 47.8 Å². The number of piperidine rings is 1. The average Bonchev–Trinajstić information content (AvgIpc) is 2.63. The maximum Gasteiger partial charge on any atom is 0.255 e. The van der Waals surface area contributed by atoms with E-state index in [0.29, 0.717) is 13.1 Å². The number of hydrogen-bond acceptors (Lipinski definition) is 4. The molecular weight excluding hydrogens is 326 g/mol. The predicted molar refractivity (Wildman–Crippen MR) is 89.7 cm³/mol. The maximum atomic E-state index is 13.8. The number of nitrogens with zero attached hydrogens (tertiary/aromatic N) is 3. The number of nitrogens with two attached hydrogens (primary N) is 1. The molecule has 2 N–H and O–H groups in total. The topological polar surface area (TPSA) is 72.1 Å². The average molecular weight is 346 g/mol. The van der Waals surface area contributed by atoms with Crippen molar-refractivity contribution in [1.82, 2.24) is 14.9 Å². The zero-order valence-electron chi connectivity index (χ0n) is 14.0. The first kappa shape index (κ1) is 17.4. The van der Waals surface area contributed by atoms with Gasteiger partial charge in [-0.3, -0.25) is 4.79 Å². The van der Waals surface area contributed by atoms with Gasteiger partial charge in [-0.25, -0.2) is 18.7 Å². The maximum absolute atomic E-state index is 13.8. The van der Waals surface area contributed by atoms with Crippen molar-refractivity contribution < 1.29 is 13.6 Å². The Bertz CT molecular complexity index is 769. The van der Waals surface area contributed by atoms with Gasteiger partial charge in [-0.1, -0.05) is 6.92 Å². The minimum absolute atomic E-state index is 0.0534. The van der Waals surface area contributed by atoms with Crippen LogP contribution >= 0.6 is 0 Å². The van der Waals surface area contributed by atoms with Crippen LogP contribution in [0.5, 0.6) is 0 Å². The van der Waals surface area contributed by atoms with Crippen molar-refractivity contribution in [2.75, 3.05) is 13.1 Å². The molecule has 2 atom stereocenters. The fourth-order valence-electron chi connectivity index (χ4n) is 3.36. The molecule has 1 aromatic carbocycles. The van der Waals surface area contributed by atoms with Crippen LogP contribution in [0.3, 0.4) is 0 Å². The summed E-state index contributed by atoms with van der Waals surface area (Å²) in [6.07, 6.45) is 4.81. The van der Waals surface area contributed by atoms with Crippen LogP contribution in [0.2, 0.25) is 0 Å². The smallest absolute Gasteiger partial charge is 0.255 e. The van der Waals surface area contributed by atoms with Crippen molar-refractivity contribution in [2.24, 2.45) is 11.7 Å². The SMILES string of the molecule is C[C@@H]1CCCN(C(=O)c2cc(F)c(F)cc2-c2ncccn2)[C@@H]1CN. The van der Waals surface area contributed by atoms with Gasteiger partial charge in [0.2, 0.25) is 0 Å². The van der Waals surface area contributed by atoms with Crippen LogP contribution in [0.25, 0.3) is 11.4 Å². The highest BCUT2D eigenvalue weighted by Crippen LogP contribution is 2.29. The lowest BCUT2D eigenvalue weighted by Crippen LogP contribution is -2.51.